The van der Waals surface area contributed by atoms with E-state index in [1.54, 1.807) is 16.3 Å². The van der Waals surface area contributed by atoms with Gasteiger partial charge in [0, 0.05) is 18.0 Å². The molecule has 0 saturated heterocycles. The Morgan fingerprint density at radius 2 is 2.12 bits per heavy atom. The van der Waals surface area contributed by atoms with E-state index >= 15 is 0 Å². The molecule has 3 aromatic rings. The van der Waals surface area contributed by atoms with Crippen LogP contribution in [0.15, 0.2) is 29.9 Å². The summed E-state index contributed by atoms with van der Waals surface area (Å²) in [5.74, 6) is 0.492. The average molecular weight is 341 g/mol. The maximum Gasteiger partial charge on any atom is 0.271 e. The van der Waals surface area contributed by atoms with Crippen molar-refractivity contribution in [1.29, 1.82) is 0 Å². The molecular formula is C17H19N5OS. The van der Waals surface area contributed by atoms with Crippen molar-refractivity contribution in [2.24, 2.45) is 7.05 Å². The van der Waals surface area contributed by atoms with Gasteiger partial charge in [-0.15, -0.1) is 21.5 Å². The summed E-state index contributed by atoms with van der Waals surface area (Å²) in [5, 5.41) is 13.4. The van der Waals surface area contributed by atoms with Crippen LogP contribution in [0.3, 0.4) is 0 Å². The Kier molecular flexibility index (Phi) is 4.44. The standard InChI is InChI=1S/C17H19N5OS/c1-10-5-6-13(11(2)7-10)17-20-14(8-24-17)16(23)19-12(3)15-21-18-9-22(15)4/h5-9,12H,1-4H3,(H,19,23)/t12-/m1/s1. The van der Waals surface area contributed by atoms with Gasteiger partial charge < -0.3 is 9.88 Å². The third kappa shape index (κ3) is 3.21. The first kappa shape index (κ1) is 16.3. The minimum atomic E-state index is -0.240. The molecule has 0 aliphatic carbocycles. The maximum atomic E-state index is 12.4. The number of aromatic nitrogens is 4. The predicted molar refractivity (Wildman–Crippen MR) is 93.9 cm³/mol. The molecule has 3 rings (SSSR count). The third-order valence-corrected chi connectivity index (χ3v) is 4.71. The number of nitrogens with zero attached hydrogens (tertiary/aromatic N) is 4. The molecule has 0 radical (unpaired) electrons. The second-order valence-corrected chi connectivity index (χ2v) is 6.71. The molecule has 1 amide bonds. The lowest BCUT2D eigenvalue weighted by atomic mass is 10.1. The number of carbonyl (C=O) groups excluding carboxylic acids is 1. The Labute approximate surface area is 144 Å². The Bertz CT molecular complexity index is 883. The third-order valence-electron chi connectivity index (χ3n) is 3.83. The summed E-state index contributed by atoms with van der Waals surface area (Å²) in [4.78, 5) is 16.9. The summed E-state index contributed by atoms with van der Waals surface area (Å²) in [5.41, 5.74) is 3.85. The van der Waals surface area contributed by atoms with E-state index in [9.17, 15) is 4.79 Å². The van der Waals surface area contributed by atoms with E-state index in [4.69, 9.17) is 0 Å². The van der Waals surface area contributed by atoms with Crippen LogP contribution in [-0.2, 0) is 7.05 Å². The summed E-state index contributed by atoms with van der Waals surface area (Å²) in [7, 11) is 1.85. The highest BCUT2D eigenvalue weighted by Gasteiger charge is 2.18. The van der Waals surface area contributed by atoms with Crippen LogP contribution in [0.1, 0.15) is 40.4 Å². The largest absolute Gasteiger partial charge is 0.341 e. The van der Waals surface area contributed by atoms with E-state index in [0.29, 0.717) is 11.5 Å². The van der Waals surface area contributed by atoms with Crippen molar-refractivity contribution < 1.29 is 4.79 Å². The Morgan fingerprint density at radius 3 is 2.79 bits per heavy atom. The van der Waals surface area contributed by atoms with Gasteiger partial charge in [0.2, 0.25) is 0 Å². The first-order valence-corrected chi connectivity index (χ1v) is 8.51. The zero-order valence-electron chi connectivity index (χ0n) is 14.1. The van der Waals surface area contributed by atoms with E-state index in [-0.39, 0.29) is 11.9 Å². The van der Waals surface area contributed by atoms with E-state index in [1.807, 2.05) is 20.0 Å². The van der Waals surface area contributed by atoms with Gasteiger partial charge in [0.25, 0.3) is 5.91 Å². The molecule has 7 heteroatoms. The van der Waals surface area contributed by atoms with Crippen molar-refractivity contribution in [1.82, 2.24) is 25.1 Å². The number of aryl methyl sites for hydroxylation is 3. The fourth-order valence-corrected chi connectivity index (χ4v) is 3.46. The summed E-state index contributed by atoms with van der Waals surface area (Å²) in [6, 6.07) is 5.98. The quantitative estimate of drug-likeness (QED) is 0.791. The van der Waals surface area contributed by atoms with Crippen LogP contribution >= 0.6 is 11.3 Å². The van der Waals surface area contributed by atoms with Crippen molar-refractivity contribution in [3.63, 3.8) is 0 Å². The molecule has 0 unspecified atom stereocenters. The number of amides is 1. The minimum Gasteiger partial charge on any atom is -0.341 e. The molecule has 0 bridgehead atoms. The van der Waals surface area contributed by atoms with Crippen molar-refractivity contribution in [2.75, 3.05) is 0 Å². The van der Waals surface area contributed by atoms with Gasteiger partial charge in [0.1, 0.15) is 17.0 Å². The molecule has 124 valence electrons. The highest BCUT2D eigenvalue weighted by Crippen LogP contribution is 2.27. The Balaban J connectivity index is 1.77. The molecule has 1 N–H and O–H groups in total. The predicted octanol–water partition coefficient (Wildman–Crippen LogP) is 3.05. The number of hydrogen-bond acceptors (Lipinski definition) is 5. The van der Waals surface area contributed by atoms with Gasteiger partial charge in [-0.05, 0) is 26.3 Å². The zero-order chi connectivity index (χ0) is 17.3. The van der Waals surface area contributed by atoms with E-state index in [2.05, 4.69) is 46.5 Å². The topological polar surface area (TPSA) is 72.7 Å². The highest BCUT2D eigenvalue weighted by molar-refractivity contribution is 7.13. The molecular weight excluding hydrogens is 322 g/mol. The lowest BCUT2D eigenvalue weighted by Crippen LogP contribution is -2.28. The van der Waals surface area contributed by atoms with Crippen molar-refractivity contribution in [2.45, 2.75) is 26.8 Å². The Morgan fingerprint density at radius 1 is 1.33 bits per heavy atom. The summed E-state index contributed by atoms with van der Waals surface area (Å²) < 4.78 is 1.78. The van der Waals surface area contributed by atoms with Crippen LogP contribution in [0, 0.1) is 13.8 Å². The molecule has 0 fully saturated rings. The van der Waals surface area contributed by atoms with Crippen molar-refractivity contribution in [3.05, 3.63) is 52.6 Å². The number of carbonyl (C=O) groups is 1. The molecule has 0 spiro atoms. The van der Waals surface area contributed by atoms with Crippen LogP contribution in [-0.4, -0.2) is 25.7 Å². The lowest BCUT2D eigenvalue weighted by molar-refractivity contribution is 0.0933. The summed E-state index contributed by atoms with van der Waals surface area (Å²) >= 11 is 1.47. The zero-order valence-corrected chi connectivity index (χ0v) is 14.9. The summed E-state index contributed by atoms with van der Waals surface area (Å²) in [6.07, 6.45) is 1.61. The average Bonchev–Trinajstić information content (AvgIpc) is 3.16. The second-order valence-electron chi connectivity index (χ2n) is 5.85. The molecule has 0 aliphatic rings. The van der Waals surface area contributed by atoms with Gasteiger partial charge in [0.15, 0.2) is 5.82 Å². The SMILES string of the molecule is Cc1ccc(-c2nc(C(=O)N[C@H](C)c3nncn3C)cs2)c(C)c1. The van der Waals surface area contributed by atoms with Gasteiger partial charge in [0.05, 0.1) is 6.04 Å². The first-order valence-electron chi connectivity index (χ1n) is 7.63. The van der Waals surface area contributed by atoms with Crippen LogP contribution in [0.2, 0.25) is 0 Å². The van der Waals surface area contributed by atoms with Gasteiger partial charge in [-0.25, -0.2) is 4.98 Å². The minimum absolute atomic E-state index is 0.210. The number of rotatable bonds is 4. The molecule has 2 aromatic heterocycles. The second kappa shape index (κ2) is 6.52. The fraction of sp³-hybridized carbons (Fsp3) is 0.294. The summed E-state index contributed by atoms with van der Waals surface area (Å²) in [6.45, 7) is 5.99. The number of nitrogens with one attached hydrogen (secondary N) is 1. The fourth-order valence-electron chi connectivity index (χ4n) is 2.57. The normalized spacial score (nSPS) is 12.2. The molecule has 24 heavy (non-hydrogen) atoms. The molecule has 1 atom stereocenters. The van der Waals surface area contributed by atoms with Crippen LogP contribution in [0.4, 0.5) is 0 Å². The van der Waals surface area contributed by atoms with E-state index < -0.39 is 0 Å². The van der Waals surface area contributed by atoms with Crippen LogP contribution in [0.5, 0.6) is 0 Å². The van der Waals surface area contributed by atoms with Gasteiger partial charge >= 0.3 is 0 Å². The molecule has 0 aliphatic heterocycles. The number of benzene rings is 1. The number of thiazole rings is 1. The maximum absolute atomic E-state index is 12.4. The molecule has 6 nitrogen and oxygen atoms in total. The molecule has 1 aromatic carbocycles. The van der Waals surface area contributed by atoms with Gasteiger partial charge in [-0.3, -0.25) is 4.79 Å². The highest BCUT2D eigenvalue weighted by atomic mass is 32.1. The van der Waals surface area contributed by atoms with Crippen LogP contribution < -0.4 is 5.32 Å². The first-order chi connectivity index (χ1) is 11.5. The molecule has 0 saturated carbocycles. The van der Waals surface area contributed by atoms with Crippen molar-refractivity contribution in [3.8, 4) is 10.6 Å². The van der Waals surface area contributed by atoms with Gasteiger partial charge in [-0.1, -0.05) is 23.8 Å². The monoisotopic (exact) mass is 341 g/mol. The van der Waals surface area contributed by atoms with Gasteiger partial charge in [-0.2, -0.15) is 0 Å². The molecule has 2 heterocycles. The van der Waals surface area contributed by atoms with E-state index in [1.165, 1.54) is 16.9 Å². The lowest BCUT2D eigenvalue weighted by Gasteiger charge is -2.11. The smallest absolute Gasteiger partial charge is 0.271 e. The Hall–Kier alpha value is -2.54. The number of hydrogen-bond donors (Lipinski definition) is 1. The van der Waals surface area contributed by atoms with Crippen LogP contribution in [0.25, 0.3) is 10.6 Å². The van der Waals surface area contributed by atoms with Crippen molar-refractivity contribution >= 4 is 17.2 Å². The van der Waals surface area contributed by atoms with E-state index in [0.717, 1.165) is 16.1 Å².